The Balaban J connectivity index is 1.58. The maximum absolute atomic E-state index is 15.1. The molecular weight excluding hydrogens is 404 g/mol. The second-order valence-corrected chi connectivity index (χ2v) is 7.46. The van der Waals surface area contributed by atoms with E-state index in [4.69, 9.17) is 4.74 Å². The Kier molecular flexibility index (Phi) is 5.01. The maximum atomic E-state index is 15.1. The largest absolute Gasteiger partial charge is 0.506 e. The average Bonchev–Trinajstić information content (AvgIpc) is 3.01. The number of aromatic hydroxyl groups is 1. The van der Waals surface area contributed by atoms with Crippen molar-refractivity contribution in [3.63, 3.8) is 0 Å². The summed E-state index contributed by atoms with van der Waals surface area (Å²) in [6, 6.07) is 10.4. The Bertz CT molecular complexity index is 1120. The highest BCUT2D eigenvalue weighted by molar-refractivity contribution is 7.85. The van der Waals surface area contributed by atoms with Crippen LogP contribution in [0.2, 0.25) is 0 Å². The molecule has 1 aromatic heterocycles. The summed E-state index contributed by atoms with van der Waals surface area (Å²) in [5.41, 5.74) is 0.415. The van der Waals surface area contributed by atoms with Crippen LogP contribution in [0.15, 0.2) is 42.5 Å². The quantitative estimate of drug-likeness (QED) is 0.663. The number of ether oxygens (including phenoxy) is 1. The molecule has 2 N–H and O–H groups in total. The lowest BCUT2D eigenvalue weighted by Crippen LogP contribution is -2.23. The van der Waals surface area contributed by atoms with Gasteiger partial charge in [-0.3, -0.25) is 13.8 Å². The van der Waals surface area contributed by atoms with Gasteiger partial charge in [0.05, 0.1) is 6.61 Å². The fraction of sp³-hybridized carbons (Fsp3) is 0.158. The maximum Gasteiger partial charge on any atom is 0.253 e. The Morgan fingerprint density at radius 1 is 1.21 bits per heavy atom. The molecule has 0 bridgehead atoms. The molecule has 29 heavy (non-hydrogen) atoms. The number of amides is 1. The number of halogens is 2. The smallest absolute Gasteiger partial charge is 0.253 e. The van der Waals surface area contributed by atoms with E-state index in [1.807, 2.05) is 0 Å². The molecule has 0 spiro atoms. The first kappa shape index (κ1) is 19.1. The van der Waals surface area contributed by atoms with E-state index in [-0.39, 0.29) is 36.1 Å². The molecule has 0 saturated carbocycles. The molecule has 1 unspecified atom stereocenters. The predicted octanol–water partition coefficient (Wildman–Crippen LogP) is 2.35. The molecule has 4 rings (SSSR count). The van der Waals surface area contributed by atoms with Gasteiger partial charge in [0.2, 0.25) is 17.1 Å². The number of aromatic nitrogens is 1. The highest BCUT2D eigenvalue weighted by Gasteiger charge is 2.32. The molecule has 0 aliphatic carbocycles. The molecule has 2 aromatic carbocycles. The molecule has 1 aliphatic rings. The standard InChI is InChI=1S/C19H15F2N3O4S/c20-13-4-1-11(2-5-13)7-8-28-16-6-3-12-9-14(25)19(17(21)18(12)22-16)24-10-15(26)23-29(24)27/h1-6,9,25H,7-8,10H2,(H,23,26). The van der Waals surface area contributed by atoms with E-state index in [0.29, 0.717) is 11.8 Å². The summed E-state index contributed by atoms with van der Waals surface area (Å²) in [6.45, 7) is -0.109. The van der Waals surface area contributed by atoms with Crippen molar-refractivity contribution < 1.29 is 27.6 Å². The lowest BCUT2D eigenvalue weighted by Gasteiger charge is -2.17. The Morgan fingerprint density at radius 3 is 2.66 bits per heavy atom. The first-order valence-electron chi connectivity index (χ1n) is 8.61. The number of pyridine rings is 1. The average molecular weight is 419 g/mol. The molecule has 1 saturated heterocycles. The van der Waals surface area contributed by atoms with Crippen molar-refractivity contribution in [2.24, 2.45) is 0 Å². The van der Waals surface area contributed by atoms with Gasteiger partial charge >= 0.3 is 0 Å². The van der Waals surface area contributed by atoms with Crippen LogP contribution in [0.4, 0.5) is 14.5 Å². The van der Waals surface area contributed by atoms with E-state index in [1.54, 1.807) is 12.1 Å². The third-order valence-corrected chi connectivity index (χ3v) is 5.46. The Hall–Kier alpha value is -3.27. The van der Waals surface area contributed by atoms with Crippen molar-refractivity contribution in [1.82, 2.24) is 9.71 Å². The molecule has 1 fully saturated rings. The van der Waals surface area contributed by atoms with Gasteiger partial charge in [0.25, 0.3) is 5.91 Å². The summed E-state index contributed by atoms with van der Waals surface area (Å²) in [7, 11) is 0. The van der Waals surface area contributed by atoms with Crippen molar-refractivity contribution in [1.29, 1.82) is 0 Å². The summed E-state index contributed by atoms with van der Waals surface area (Å²) in [5, 5.41) is 10.5. The molecular formula is C19H15F2N3O4S. The number of nitrogens with one attached hydrogen (secondary N) is 1. The Labute approximate surface area is 166 Å². The van der Waals surface area contributed by atoms with Crippen molar-refractivity contribution >= 4 is 33.7 Å². The van der Waals surface area contributed by atoms with Gasteiger partial charge in [-0.25, -0.2) is 18.0 Å². The van der Waals surface area contributed by atoms with Crippen LogP contribution < -0.4 is 13.8 Å². The van der Waals surface area contributed by atoms with Crippen LogP contribution in [-0.4, -0.2) is 33.4 Å². The van der Waals surface area contributed by atoms with E-state index >= 15 is 4.39 Å². The summed E-state index contributed by atoms with van der Waals surface area (Å²) >= 11 is -1.99. The second-order valence-electron chi connectivity index (χ2n) is 6.32. The van der Waals surface area contributed by atoms with E-state index in [2.05, 4.69) is 9.71 Å². The highest BCUT2D eigenvalue weighted by atomic mass is 32.2. The topological polar surface area (TPSA) is 91.8 Å². The van der Waals surface area contributed by atoms with Gasteiger partial charge < -0.3 is 9.84 Å². The van der Waals surface area contributed by atoms with Crippen LogP contribution in [-0.2, 0) is 22.4 Å². The number of hydrogen-bond donors (Lipinski definition) is 2. The molecule has 150 valence electrons. The van der Waals surface area contributed by atoms with Gasteiger partial charge in [0.1, 0.15) is 29.3 Å². The normalized spacial score (nSPS) is 16.3. The fourth-order valence-electron chi connectivity index (χ4n) is 2.96. The van der Waals surface area contributed by atoms with Crippen molar-refractivity contribution in [2.45, 2.75) is 6.42 Å². The van der Waals surface area contributed by atoms with E-state index in [1.165, 1.54) is 30.3 Å². The lowest BCUT2D eigenvalue weighted by atomic mass is 10.1. The highest BCUT2D eigenvalue weighted by Crippen LogP contribution is 2.37. The molecule has 2 heterocycles. The number of anilines is 1. The fourth-order valence-corrected chi connectivity index (χ4v) is 3.91. The molecule has 1 amide bonds. The number of hydrogen-bond acceptors (Lipinski definition) is 5. The van der Waals surface area contributed by atoms with Crippen LogP contribution in [0.3, 0.4) is 0 Å². The zero-order valence-electron chi connectivity index (χ0n) is 14.9. The van der Waals surface area contributed by atoms with Gasteiger partial charge in [-0.15, -0.1) is 0 Å². The summed E-state index contributed by atoms with van der Waals surface area (Å²) < 4.78 is 48.6. The van der Waals surface area contributed by atoms with Crippen LogP contribution in [0.5, 0.6) is 11.6 Å². The number of carbonyl (C=O) groups excluding carboxylic acids is 1. The van der Waals surface area contributed by atoms with E-state index < -0.39 is 28.6 Å². The van der Waals surface area contributed by atoms with Gasteiger partial charge in [-0.2, -0.15) is 0 Å². The first-order valence-corrected chi connectivity index (χ1v) is 9.71. The van der Waals surface area contributed by atoms with Crippen molar-refractivity contribution in [3.8, 4) is 11.6 Å². The third kappa shape index (κ3) is 3.83. The first-order chi connectivity index (χ1) is 13.9. The minimum absolute atomic E-state index is 0.0894. The van der Waals surface area contributed by atoms with Gasteiger partial charge in [-0.1, -0.05) is 12.1 Å². The number of fused-ring (bicyclic) bond motifs is 1. The number of nitrogens with zero attached hydrogens (tertiary/aromatic N) is 2. The zero-order chi connectivity index (χ0) is 20.5. The van der Waals surface area contributed by atoms with E-state index in [0.717, 1.165) is 9.87 Å². The number of rotatable bonds is 5. The molecule has 1 atom stereocenters. The summed E-state index contributed by atoms with van der Waals surface area (Å²) in [6.07, 6.45) is 0.504. The summed E-state index contributed by atoms with van der Waals surface area (Å²) in [5.74, 6) is -2.07. The predicted molar refractivity (Wildman–Crippen MR) is 103 cm³/mol. The summed E-state index contributed by atoms with van der Waals surface area (Å²) in [4.78, 5) is 15.6. The molecule has 0 radical (unpaired) electrons. The number of carbonyl (C=O) groups is 1. The molecule has 3 aromatic rings. The van der Waals surface area contributed by atoms with Gasteiger partial charge in [-0.05, 0) is 29.8 Å². The van der Waals surface area contributed by atoms with Crippen LogP contribution >= 0.6 is 0 Å². The molecule has 7 nitrogen and oxygen atoms in total. The van der Waals surface area contributed by atoms with Crippen LogP contribution in [0.1, 0.15) is 5.56 Å². The monoisotopic (exact) mass is 419 g/mol. The van der Waals surface area contributed by atoms with Gasteiger partial charge in [0, 0.05) is 17.9 Å². The minimum Gasteiger partial charge on any atom is -0.506 e. The number of phenols is 1. The lowest BCUT2D eigenvalue weighted by molar-refractivity contribution is -0.117. The van der Waals surface area contributed by atoms with Crippen LogP contribution in [0.25, 0.3) is 10.9 Å². The van der Waals surface area contributed by atoms with Crippen molar-refractivity contribution in [2.75, 3.05) is 17.5 Å². The van der Waals surface area contributed by atoms with E-state index in [9.17, 15) is 18.5 Å². The van der Waals surface area contributed by atoms with Crippen molar-refractivity contribution in [3.05, 3.63) is 59.7 Å². The SMILES string of the molecule is O=C1CN(c2c(O)cc3ccc(OCCc4ccc(F)cc4)nc3c2F)S(=O)N1. The molecule has 10 heteroatoms. The minimum atomic E-state index is -1.99. The third-order valence-electron chi connectivity index (χ3n) is 4.34. The molecule has 1 aliphatic heterocycles. The number of benzene rings is 2. The van der Waals surface area contributed by atoms with Gasteiger partial charge in [0.15, 0.2) is 5.82 Å². The number of phenolic OH excluding ortho intramolecular Hbond substituents is 1. The second kappa shape index (κ2) is 7.63. The Morgan fingerprint density at radius 2 is 1.97 bits per heavy atom. The zero-order valence-corrected chi connectivity index (χ0v) is 15.7. The van der Waals surface area contributed by atoms with Crippen LogP contribution in [0, 0.1) is 11.6 Å².